The van der Waals surface area contributed by atoms with Gasteiger partial charge in [0.1, 0.15) is 11.4 Å². The van der Waals surface area contributed by atoms with E-state index >= 15 is 0 Å². The number of aliphatic imine (C=N–C) groups is 1. The van der Waals surface area contributed by atoms with Crippen molar-refractivity contribution in [2.45, 2.75) is 0 Å². The Kier molecular flexibility index (Phi) is 6.45. The molecule has 2 aromatic carbocycles. The first-order valence-electron chi connectivity index (χ1n) is 8.70. The number of methoxy groups -OCH3 is 1. The van der Waals surface area contributed by atoms with E-state index in [0.717, 1.165) is 5.56 Å². The van der Waals surface area contributed by atoms with Crippen LogP contribution in [0.2, 0.25) is 0 Å². The van der Waals surface area contributed by atoms with E-state index in [1.54, 1.807) is 43.5 Å². The maximum absolute atomic E-state index is 12.7. The number of thioether (sulfide) groups is 1. The molecular weight excluding hydrogens is 372 g/mol. The van der Waals surface area contributed by atoms with Crippen LogP contribution in [0.15, 0.2) is 77.9 Å². The van der Waals surface area contributed by atoms with Gasteiger partial charge in [0.2, 0.25) is 0 Å². The van der Waals surface area contributed by atoms with Crippen LogP contribution in [-0.2, 0) is 4.79 Å². The zero-order valence-corrected chi connectivity index (χ0v) is 16.3. The van der Waals surface area contributed by atoms with E-state index < -0.39 is 0 Å². The van der Waals surface area contributed by atoms with Crippen LogP contribution < -0.4 is 4.74 Å². The lowest BCUT2D eigenvalue weighted by atomic mass is 10.1. The lowest BCUT2D eigenvalue weighted by Gasteiger charge is -2.15. The van der Waals surface area contributed by atoms with Gasteiger partial charge in [-0.25, -0.2) is 4.99 Å². The zero-order valence-electron chi connectivity index (χ0n) is 15.5. The first kappa shape index (κ1) is 19.6. The minimum atomic E-state index is -0.192. The Morgan fingerprint density at radius 3 is 2.54 bits per heavy atom. The number of hydrogen-bond donors (Lipinski definition) is 0. The summed E-state index contributed by atoms with van der Waals surface area (Å²) in [6, 6.07) is 16.5. The second kappa shape index (κ2) is 9.19. The number of rotatable bonds is 7. The molecule has 3 rings (SSSR count). The molecule has 142 valence electrons. The Morgan fingerprint density at radius 2 is 1.89 bits per heavy atom. The summed E-state index contributed by atoms with van der Waals surface area (Å²) in [5.74, 6) is 0.651. The molecule has 0 radical (unpaired) electrons. The van der Waals surface area contributed by atoms with Crippen LogP contribution in [-0.4, -0.2) is 41.2 Å². The number of benzene rings is 2. The van der Waals surface area contributed by atoms with Crippen molar-refractivity contribution in [3.05, 3.63) is 84.1 Å². The number of hydrogen-bond acceptors (Lipinski definition) is 5. The second-order valence-electron chi connectivity index (χ2n) is 5.98. The van der Waals surface area contributed by atoms with Crippen molar-refractivity contribution in [3.63, 3.8) is 0 Å². The van der Waals surface area contributed by atoms with Gasteiger partial charge in [-0.05, 0) is 35.9 Å². The zero-order chi connectivity index (χ0) is 19.9. The molecule has 0 spiro atoms. The number of nitrogens with zero attached hydrogens (tertiary/aromatic N) is 2. The van der Waals surface area contributed by atoms with Crippen molar-refractivity contribution < 1.29 is 14.3 Å². The van der Waals surface area contributed by atoms with Crippen molar-refractivity contribution in [2.75, 3.05) is 19.4 Å². The van der Waals surface area contributed by atoms with E-state index in [9.17, 15) is 9.59 Å². The number of Topliss-reactive ketones (excluding diaryl/α,β-unsaturated/α-hetero) is 1. The first-order chi connectivity index (χ1) is 13.6. The van der Waals surface area contributed by atoms with Crippen LogP contribution in [0.1, 0.15) is 15.9 Å². The first-order valence-corrected chi connectivity index (χ1v) is 9.69. The molecule has 0 aliphatic carbocycles. The van der Waals surface area contributed by atoms with Crippen molar-refractivity contribution in [3.8, 4) is 5.75 Å². The highest BCUT2D eigenvalue weighted by atomic mass is 32.2. The number of carbonyl (C=O) groups excluding carboxylic acids is 2. The van der Waals surface area contributed by atoms with E-state index in [4.69, 9.17) is 4.74 Å². The van der Waals surface area contributed by atoms with Crippen molar-refractivity contribution in [1.82, 2.24) is 4.90 Å². The van der Waals surface area contributed by atoms with Gasteiger partial charge in [0.05, 0.1) is 12.9 Å². The molecule has 28 heavy (non-hydrogen) atoms. The third-order valence-electron chi connectivity index (χ3n) is 4.07. The Labute approximate surface area is 168 Å². The minimum absolute atomic E-state index is 0.0400. The predicted octanol–water partition coefficient (Wildman–Crippen LogP) is 4.04. The van der Waals surface area contributed by atoms with E-state index in [0.29, 0.717) is 28.7 Å². The van der Waals surface area contributed by atoms with Gasteiger partial charge in [0.25, 0.3) is 5.91 Å². The molecule has 0 saturated heterocycles. The highest BCUT2D eigenvalue weighted by Crippen LogP contribution is 2.25. The summed E-state index contributed by atoms with van der Waals surface area (Å²) in [6.07, 6.45) is 3.39. The quantitative estimate of drug-likeness (QED) is 0.405. The van der Waals surface area contributed by atoms with Crippen LogP contribution in [0.5, 0.6) is 5.75 Å². The van der Waals surface area contributed by atoms with E-state index in [1.807, 2.05) is 30.3 Å². The number of ketones is 1. The SMILES string of the molecule is C=CCN1C(=O)/C(=C/c2ccccc2)N=C1SCC(=O)c1ccc(OC)cc1. The standard InChI is InChI=1S/C22H20N2O3S/c1-3-13-24-21(26)19(14-16-7-5-4-6-8-16)23-22(24)28-15-20(25)17-9-11-18(27-2)12-10-17/h3-12,14H,1,13,15H2,2H3/b19-14-. The fourth-order valence-corrected chi connectivity index (χ4v) is 3.53. The average Bonchev–Trinajstić information content (AvgIpc) is 3.02. The Morgan fingerprint density at radius 1 is 1.18 bits per heavy atom. The average molecular weight is 392 g/mol. The summed E-state index contributed by atoms with van der Waals surface area (Å²) in [7, 11) is 1.58. The van der Waals surface area contributed by atoms with Gasteiger partial charge in [-0.1, -0.05) is 48.2 Å². The predicted molar refractivity (Wildman–Crippen MR) is 114 cm³/mol. The van der Waals surface area contributed by atoms with Crippen molar-refractivity contribution in [1.29, 1.82) is 0 Å². The lowest BCUT2D eigenvalue weighted by molar-refractivity contribution is -0.122. The summed E-state index contributed by atoms with van der Waals surface area (Å²) >= 11 is 1.25. The van der Waals surface area contributed by atoms with Gasteiger partial charge in [-0.15, -0.1) is 6.58 Å². The normalized spacial score (nSPS) is 14.9. The Bertz CT molecular complexity index is 934. The highest BCUT2D eigenvalue weighted by molar-refractivity contribution is 8.14. The molecule has 1 heterocycles. The van der Waals surface area contributed by atoms with Gasteiger partial charge in [-0.3, -0.25) is 14.5 Å². The highest BCUT2D eigenvalue weighted by Gasteiger charge is 2.30. The maximum Gasteiger partial charge on any atom is 0.278 e. The molecule has 2 aromatic rings. The molecule has 0 saturated carbocycles. The summed E-state index contributed by atoms with van der Waals surface area (Å²) in [5.41, 5.74) is 1.84. The molecule has 0 fully saturated rings. The van der Waals surface area contributed by atoms with Crippen molar-refractivity contribution in [2.24, 2.45) is 4.99 Å². The molecular formula is C22H20N2O3S. The van der Waals surface area contributed by atoms with Gasteiger partial charge in [0, 0.05) is 12.1 Å². The van der Waals surface area contributed by atoms with E-state index in [-0.39, 0.29) is 17.4 Å². The van der Waals surface area contributed by atoms with E-state index in [2.05, 4.69) is 11.6 Å². The minimum Gasteiger partial charge on any atom is -0.497 e. The van der Waals surface area contributed by atoms with Gasteiger partial charge in [-0.2, -0.15) is 0 Å². The van der Waals surface area contributed by atoms with Crippen LogP contribution in [0, 0.1) is 0 Å². The summed E-state index contributed by atoms with van der Waals surface area (Å²) in [4.78, 5) is 31.1. The number of amidine groups is 1. The molecule has 5 nitrogen and oxygen atoms in total. The molecule has 6 heteroatoms. The Hall–Kier alpha value is -3.12. The monoisotopic (exact) mass is 392 g/mol. The van der Waals surface area contributed by atoms with Crippen LogP contribution in [0.4, 0.5) is 0 Å². The largest absolute Gasteiger partial charge is 0.497 e. The number of ether oxygens (including phenoxy) is 1. The lowest BCUT2D eigenvalue weighted by Crippen LogP contribution is -2.31. The molecule has 0 unspecified atom stereocenters. The molecule has 1 amide bonds. The second-order valence-corrected chi connectivity index (χ2v) is 6.92. The molecule has 0 bridgehead atoms. The van der Waals surface area contributed by atoms with Crippen molar-refractivity contribution >= 4 is 34.7 Å². The molecule has 0 N–H and O–H groups in total. The molecule has 0 aromatic heterocycles. The fourth-order valence-electron chi connectivity index (χ4n) is 2.63. The molecule has 0 atom stereocenters. The van der Waals surface area contributed by atoms with E-state index in [1.165, 1.54) is 16.7 Å². The third-order valence-corrected chi connectivity index (χ3v) is 5.05. The van der Waals surface area contributed by atoms with Crippen LogP contribution in [0.3, 0.4) is 0 Å². The van der Waals surface area contributed by atoms with Crippen LogP contribution in [0.25, 0.3) is 6.08 Å². The van der Waals surface area contributed by atoms with Gasteiger partial charge >= 0.3 is 0 Å². The number of carbonyl (C=O) groups is 2. The molecule has 1 aliphatic rings. The molecule has 1 aliphatic heterocycles. The maximum atomic E-state index is 12.7. The Balaban J connectivity index is 1.74. The summed E-state index contributed by atoms with van der Waals surface area (Å²) in [6.45, 7) is 4.05. The third kappa shape index (κ3) is 4.58. The number of amides is 1. The van der Waals surface area contributed by atoms with Crippen LogP contribution >= 0.6 is 11.8 Å². The summed E-state index contributed by atoms with van der Waals surface area (Å²) < 4.78 is 5.11. The smallest absolute Gasteiger partial charge is 0.278 e. The van der Waals surface area contributed by atoms with Gasteiger partial charge < -0.3 is 4.74 Å². The summed E-state index contributed by atoms with van der Waals surface area (Å²) in [5, 5.41) is 0.508. The van der Waals surface area contributed by atoms with Gasteiger partial charge in [0.15, 0.2) is 11.0 Å². The topological polar surface area (TPSA) is 59.0 Å². The fraction of sp³-hybridized carbons (Fsp3) is 0.136.